The fourth-order valence-electron chi connectivity index (χ4n) is 0.505. The maximum absolute atomic E-state index is 7.16. The number of hydrogen-bond donors (Lipinski definition) is 2. The van der Waals surface area contributed by atoms with E-state index in [2.05, 4.69) is 17.0 Å². The highest BCUT2D eigenvalue weighted by Gasteiger charge is 2.03. The first-order valence-electron chi connectivity index (χ1n) is 2.48. The number of nitrogens with zero attached hydrogens (tertiary/aromatic N) is 1. The Morgan fingerprint density at radius 2 is 2.44 bits per heavy atom. The highest BCUT2D eigenvalue weighted by atomic mass is 14.7. The first kappa shape index (κ1) is 5.70. The van der Waals surface area contributed by atoms with Crippen LogP contribution in [0.25, 0.3) is 0 Å². The average molecular weight is 119 g/mol. The Kier molecular flexibility index (Phi) is 1.41. The zero-order chi connectivity index (χ0) is 6.69. The van der Waals surface area contributed by atoms with Crippen LogP contribution in [0, 0.1) is 22.8 Å². The van der Waals surface area contributed by atoms with Crippen molar-refractivity contribution in [3.05, 3.63) is 0 Å². The van der Waals surface area contributed by atoms with Gasteiger partial charge in [-0.25, -0.2) is 0 Å². The lowest BCUT2D eigenvalue weighted by Gasteiger charge is -1.97. The van der Waals surface area contributed by atoms with E-state index < -0.39 is 0 Å². The third-order valence-corrected chi connectivity index (χ3v) is 0.966. The molecule has 1 heterocycles. The van der Waals surface area contributed by atoms with Gasteiger partial charge < -0.3 is 10.8 Å². The van der Waals surface area contributed by atoms with Gasteiger partial charge >= 0.3 is 0 Å². The van der Waals surface area contributed by atoms with E-state index in [1.165, 1.54) is 0 Å². The van der Waals surface area contributed by atoms with Crippen LogP contribution in [0.4, 0.5) is 0 Å². The topological polar surface area (TPSA) is 60.1 Å². The Labute approximate surface area is 52.8 Å². The van der Waals surface area contributed by atoms with Crippen molar-refractivity contribution in [1.29, 1.82) is 10.8 Å². The van der Waals surface area contributed by atoms with Crippen LogP contribution in [0.15, 0.2) is 4.99 Å². The number of rotatable bonds is 1. The van der Waals surface area contributed by atoms with Crippen LogP contribution in [-0.4, -0.2) is 17.6 Å². The van der Waals surface area contributed by atoms with Crippen LogP contribution in [0.5, 0.6) is 0 Å². The van der Waals surface area contributed by atoms with Crippen molar-refractivity contribution in [2.45, 2.75) is 6.42 Å². The van der Waals surface area contributed by atoms with Gasteiger partial charge in [0.25, 0.3) is 0 Å². The Balaban J connectivity index is 2.93. The summed E-state index contributed by atoms with van der Waals surface area (Å²) < 4.78 is 0. The number of aliphatic imine (C=N–C) groups is 1. The third kappa shape index (κ3) is 1.03. The highest BCUT2D eigenvalue weighted by molar-refractivity contribution is 6.62. The summed E-state index contributed by atoms with van der Waals surface area (Å²) in [4.78, 5) is 3.62. The van der Waals surface area contributed by atoms with Gasteiger partial charge in [-0.05, 0) is 0 Å². The van der Waals surface area contributed by atoms with E-state index >= 15 is 0 Å². The van der Waals surface area contributed by atoms with Gasteiger partial charge in [-0.1, -0.05) is 5.92 Å². The van der Waals surface area contributed by atoms with Gasteiger partial charge in [0, 0.05) is 12.3 Å². The SMILES string of the molecule is N=CC1=NC#CCC1=N. The summed E-state index contributed by atoms with van der Waals surface area (Å²) in [5.74, 6) is 2.63. The summed E-state index contributed by atoms with van der Waals surface area (Å²) in [5.41, 5.74) is 0.720. The maximum atomic E-state index is 7.16. The van der Waals surface area contributed by atoms with Gasteiger partial charge in [0.2, 0.25) is 0 Å². The molecule has 0 fully saturated rings. The summed E-state index contributed by atoms with van der Waals surface area (Å²) in [6, 6.07) is 2.46. The molecule has 9 heavy (non-hydrogen) atoms. The molecule has 0 aliphatic carbocycles. The summed E-state index contributed by atoms with van der Waals surface area (Å²) in [6.07, 6.45) is 1.48. The van der Waals surface area contributed by atoms with E-state index in [4.69, 9.17) is 10.8 Å². The first-order valence-corrected chi connectivity index (χ1v) is 2.48. The van der Waals surface area contributed by atoms with E-state index in [1.807, 2.05) is 0 Å². The molecule has 2 N–H and O–H groups in total. The monoisotopic (exact) mass is 119 g/mol. The summed E-state index contributed by atoms with van der Waals surface area (Å²) in [7, 11) is 0. The highest BCUT2D eigenvalue weighted by Crippen LogP contribution is 1.90. The van der Waals surface area contributed by atoms with E-state index in [-0.39, 0.29) is 0 Å². The van der Waals surface area contributed by atoms with Crippen LogP contribution in [0.3, 0.4) is 0 Å². The Hall–Kier alpha value is -1.43. The Bertz CT molecular complexity index is 239. The molecule has 0 aromatic heterocycles. The van der Waals surface area contributed by atoms with E-state index in [0.717, 1.165) is 6.21 Å². The summed E-state index contributed by atoms with van der Waals surface area (Å²) in [6.45, 7) is 0. The molecule has 0 atom stereocenters. The molecule has 1 aliphatic rings. The molecule has 0 aromatic rings. The summed E-state index contributed by atoms with van der Waals surface area (Å²) in [5, 5.41) is 13.9. The third-order valence-electron chi connectivity index (χ3n) is 0.966. The van der Waals surface area contributed by atoms with Crippen LogP contribution in [0.1, 0.15) is 6.42 Å². The number of hydrogen-bond acceptors (Lipinski definition) is 3. The molecule has 1 aliphatic heterocycles. The molecule has 0 radical (unpaired) electrons. The Morgan fingerprint density at radius 1 is 1.67 bits per heavy atom. The van der Waals surface area contributed by atoms with E-state index in [0.29, 0.717) is 17.8 Å². The molecule has 1 rings (SSSR count). The van der Waals surface area contributed by atoms with Crippen molar-refractivity contribution in [3.8, 4) is 12.0 Å². The second kappa shape index (κ2) is 2.23. The lowest BCUT2D eigenvalue weighted by atomic mass is 10.1. The molecule has 0 spiro atoms. The average Bonchev–Trinajstić information content (AvgIpc) is 1.89. The summed E-state index contributed by atoms with van der Waals surface area (Å²) >= 11 is 0. The van der Waals surface area contributed by atoms with Crippen molar-refractivity contribution < 1.29 is 0 Å². The molecule has 0 saturated heterocycles. The maximum Gasteiger partial charge on any atom is 0.113 e. The molecule has 3 nitrogen and oxygen atoms in total. The largest absolute Gasteiger partial charge is 0.306 e. The second-order valence-corrected chi connectivity index (χ2v) is 1.59. The van der Waals surface area contributed by atoms with Gasteiger partial charge in [-0.3, -0.25) is 0 Å². The molecule has 0 unspecified atom stereocenters. The van der Waals surface area contributed by atoms with Crippen LogP contribution in [-0.2, 0) is 0 Å². The van der Waals surface area contributed by atoms with Crippen molar-refractivity contribution in [2.24, 2.45) is 4.99 Å². The predicted molar refractivity (Wildman–Crippen MR) is 36.3 cm³/mol. The van der Waals surface area contributed by atoms with Crippen molar-refractivity contribution in [3.63, 3.8) is 0 Å². The standard InChI is InChI=1S/C6H5N3/c7-4-6-5(8)2-1-3-9-6/h4,7-8H,2H2. The van der Waals surface area contributed by atoms with E-state index in [9.17, 15) is 0 Å². The van der Waals surface area contributed by atoms with Gasteiger partial charge in [0.1, 0.15) is 5.71 Å². The van der Waals surface area contributed by atoms with Crippen LogP contribution >= 0.6 is 0 Å². The minimum Gasteiger partial charge on any atom is -0.306 e. The molecule has 3 heteroatoms. The number of nitrogens with one attached hydrogen (secondary N) is 2. The molecular weight excluding hydrogens is 114 g/mol. The van der Waals surface area contributed by atoms with Crippen molar-refractivity contribution >= 4 is 17.6 Å². The predicted octanol–water partition coefficient (Wildman–Crippen LogP) is 0.461. The van der Waals surface area contributed by atoms with Gasteiger partial charge in [-0.15, -0.1) is 0 Å². The van der Waals surface area contributed by atoms with Crippen molar-refractivity contribution in [1.82, 2.24) is 0 Å². The van der Waals surface area contributed by atoms with Gasteiger partial charge in [0.15, 0.2) is 0 Å². The smallest absolute Gasteiger partial charge is 0.113 e. The molecule has 0 saturated carbocycles. The van der Waals surface area contributed by atoms with Gasteiger partial charge in [0.05, 0.1) is 12.1 Å². The zero-order valence-corrected chi connectivity index (χ0v) is 4.73. The van der Waals surface area contributed by atoms with Crippen LogP contribution < -0.4 is 0 Å². The van der Waals surface area contributed by atoms with Gasteiger partial charge in [-0.2, -0.15) is 4.99 Å². The molecule has 0 aromatic carbocycles. The first-order chi connectivity index (χ1) is 4.34. The fourth-order valence-corrected chi connectivity index (χ4v) is 0.505. The quantitative estimate of drug-likeness (QED) is 0.372. The lowest BCUT2D eigenvalue weighted by molar-refractivity contribution is 1.41. The molecular formula is C6H5N3. The minimum absolute atomic E-state index is 0.337. The molecule has 0 bridgehead atoms. The van der Waals surface area contributed by atoms with Crippen molar-refractivity contribution in [2.75, 3.05) is 0 Å². The fraction of sp³-hybridized carbons (Fsp3) is 0.167. The Morgan fingerprint density at radius 3 is 2.89 bits per heavy atom. The second-order valence-electron chi connectivity index (χ2n) is 1.59. The molecule has 44 valence electrons. The normalized spacial score (nSPS) is 15.6. The molecule has 0 amide bonds. The minimum atomic E-state index is 0.337. The zero-order valence-electron chi connectivity index (χ0n) is 4.73. The van der Waals surface area contributed by atoms with Crippen LogP contribution in [0.2, 0.25) is 0 Å². The van der Waals surface area contributed by atoms with E-state index in [1.54, 1.807) is 0 Å². The lowest BCUT2D eigenvalue weighted by Crippen LogP contribution is -2.14.